The summed E-state index contributed by atoms with van der Waals surface area (Å²) in [5.41, 5.74) is 0.328. The number of rotatable bonds is 1. The first-order valence-electron chi connectivity index (χ1n) is 3.07. The summed E-state index contributed by atoms with van der Waals surface area (Å²) < 4.78 is 0. The van der Waals surface area contributed by atoms with Gasteiger partial charge in [-0.25, -0.2) is 0 Å². The Morgan fingerprint density at radius 1 is 1.36 bits per heavy atom. The van der Waals surface area contributed by atoms with Crippen molar-refractivity contribution in [1.82, 2.24) is 5.06 Å². The summed E-state index contributed by atoms with van der Waals surface area (Å²) >= 11 is 0. The second-order valence-electron chi connectivity index (χ2n) is 2.17. The zero-order chi connectivity index (χ0) is 9.02. The summed E-state index contributed by atoms with van der Waals surface area (Å²) in [7, 11) is 1.36. The molecular formula is C7H11NO3. The molecule has 0 aliphatic carbocycles. The summed E-state index contributed by atoms with van der Waals surface area (Å²) in [4.78, 5) is 25.7. The molecule has 0 radical (unpaired) electrons. The highest BCUT2D eigenvalue weighted by Crippen LogP contribution is 1.96. The second-order valence-corrected chi connectivity index (χ2v) is 2.17. The molecule has 0 spiro atoms. The van der Waals surface area contributed by atoms with E-state index in [0.29, 0.717) is 5.57 Å². The number of carbonyl (C=O) groups is 2. The molecule has 11 heavy (non-hydrogen) atoms. The Labute approximate surface area is 65.4 Å². The standard InChI is InChI=1S/C7H11NO3/c1-5(2)7(10)8(4)11-6(3)9/h1H2,2-4H3. The largest absolute Gasteiger partial charge is 0.338 e. The molecule has 0 saturated carbocycles. The van der Waals surface area contributed by atoms with Crippen LogP contribution in [0.25, 0.3) is 0 Å². The van der Waals surface area contributed by atoms with E-state index in [1.165, 1.54) is 14.0 Å². The van der Waals surface area contributed by atoms with Crippen LogP contribution < -0.4 is 0 Å². The monoisotopic (exact) mass is 157 g/mol. The molecule has 0 aromatic carbocycles. The molecule has 1 amide bonds. The lowest BCUT2D eigenvalue weighted by atomic mass is 10.3. The lowest BCUT2D eigenvalue weighted by Gasteiger charge is -2.14. The van der Waals surface area contributed by atoms with E-state index >= 15 is 0 Å². The lowest BCUT2D eigenvalue weighted by molar-refractivity contribution is -0.188. The molecule has 62 valence electrons. The van der Waals surface area contributed by atoms with Crippen LogP contribution in [0.2, 0.25) is 0 Å². The maximum Gasteiger partial charge on any atom is 0.329 e. The molecule has 0 aliphatic heterocycles. The van der Waals surface area contributed by atoms with Crippen molar-refractivity contribution in [2.75, 3.05) is 7.05 Å². The summed E-state index contributed by atoms with van der Waals surface area (Å²) in [6.07, 6.45) is 0. The normalized spacial score (nSPS) is 8.64. The molecule has 4 heteroatoms. The summed E-state index contributed by atoms with van der Waals surface area (Å²) in [6, 6.07) is 0. The number of carbonyl (C=O) groups excluding carboxylic acids is 2. The predicted molar refractivity (Wildman–Crippen MR) is 39.4 cm³/mol. The van der Waals surface area contributed by atoms with E-state index in [1.807, 2.05) is 0 Å². The minimum absolute atomic E-state index is 0.328. The molecule has 0 fully saturated rings. The molecule has 0 aliphatic rings. The average molecular weight is 157 g/mol. The molecule has 0 aromatic heterocycles. The fourth-order valence-corrected chi connectivity index (χ4v) is 0.503. The highest BCUT2D eigenvalue weighted by molar-refractivity contribution is 5.91. The van der Waals surface area contributed by atoms with Crippen LogP contribution >= 0.6 is 0 Å². The van der Waals surface area contributed by atoms with Gasteiger partial charge in [-0.1, -0.05) is 6.58 Å². The minimum atomic E-state index is -0.526. The van der Waals surface area contributed by atoms with Crippen LogP contribution in [0, 0.1) is 0 Å². The van der Waals surface area contributed by atoms with Gasteiger partial charge in [0.2, 0.25) is 0 Å². The van der Waals surface area contributed by atoms with Crippen molar-refractivity contribution in [3.05, 3.63) is 12.2 Å². The fourth-order valence-electron chi connectivity index (χ4n) is 0.503. The van der Waals surface area contributed by atoms with Gasteiger partial charge in [-0.3, -0.25) is 9.59 Å². The molecule has 0 unspecified atom stereocenters. The third kappa shape index (κ3) is 3.40. The number of hydrogen-bond donors (Lipinski definition) is 0. The molecule has 0 saturated heterocycles. The van der Waals surface area contributed by atoms with Crippen molar-refractivity contribution in [1.29, 1.82) is 0 Å². The average Bonchev–Trinajstić information content (AvgIpc) is 1.84. The van der Waals surface area contributed by atoms with Gasteiger partial charge >= 0.3 is 5.97 Å². The van der Waals surface area contributed by atoms with Crippen LogP contribution in [0.3, 0.4) is 0 Å². The van der Waals surface area contributed by atoms with E-state index in [1.54, 1.807) is 6.92 Å². The Morgan fingerprint density at radius 3 is 2.09 bits per heavy atom. The molecule has 0 N–H and O–H groups in total. The van der Waals surface area contributed by atoms with Crippen LogP contribution in [0.5, 0.6) is 0 Å². The molecule has 0 atom stereocenters. The van der Waals surface area contributed by atoms with E-state index < -0.39 is 11.9 Å². The van der Waals surface area contributed by atoms with Gasteiger partial charge in [0.15, 0.2) is 0 Å². The first-order chi connectivity index (χ1) is 4.95. The van der Waals surface area contributed by atoms with Gasteiger partial charge < -0.3 is 4.84 Å². The summed E-state index contributed by atoms with van der Waals surface area (Å²) in [6.45, 7) is 6.17. The number of hydrogen-bond acceptors (Lipinski definition) is 3. The zero-order valence-electron chi connectivity index (χ0n) is 6.88. The first kappa shape index (κ1) is 9.68. The third-order valence-corrected chi connectivity index (χ3v) is 0.917. The Morgan fingerprint density at radius 2 is 1.82 bits per heavy atom. The Bertz CT molecular complexity index is 198. The van der Waals surface area contributed by atoms with Gasteiger partial charge in [-0.2, -0.15) is 5.06 Å². The van der Waals surface area contributed by atoms with Crippen LogP contribution in [-0.2, 0) is 14.4 Å². The zero-order valence-corrected chi connectivity index (χ0v) is 6.88. The highest BCUT2D eigenvalue weighted by atomic mass is 16.7. The van der Waals surface area contributed by atoms with Crippen LogP contribution in [0.1, 0.15) is 13.8 Å². The van der Waals surface area contributed by atoms with E-state index in [2.05, 4.69) is 11.4 Å². The van der Waals surface area contributed by atoms with Crippen LogP contribution in [-0.4, -0.2) is 24.0 Å². The van der Waals surface area contributed by atoms with Crippen molar-refractivity contribution in [3.63, 3.8) is 0 Å². The fraction of sp³-hybridized carbons (Fsp3) is 0.429. The quantitative estimate of drug-likeness (QED) is 0.411. The number of nitrogens with zero attached hydrogens (tertiary/aromatic N) is 1. The maximum atomic E-state index is 10.9. The van der Waals surface area contributed by atoms with Gasteiger partial charge in [0.05, 0.1) is 0 Å². The molecule has 4 nitrogen and oxygen atoms in total. The van der Waals surface area contributed by atoms with Gasteiger partial charge in [-0.15, -0.1) is 0 Å². The lowest BCUT2D eigenvalue weighted by Crippen LogP contribution is -2.29. The minimum Gasteiger partial charge on any atom is -0.338 e. The van der Waals surface area contributed by atoms with E-state index in [-0.39, 0.29) is 0 Å². The van der Waals surface area contributed by atoms with Gasteiger partial charge in [0.1, 0.15) is 0 Å². The van der Waals surface area contributed by atoms with Crippen molar-refractivity contribution in [3.8, 4) is 0 Å². The van der Waals surface area contributed by atoms with E-state index in [9.17, 15) is 9.59 Å². The van der Waals surface area contributed by atoms with E-state index in [0.717, 1.165) is 5.06 Å². The van der Waals surface area contributed by atoms with E-state index in [4.69, 9.17) is 0 Å². The topological polar surface area (TPSA) is 46.6 Å². The predicted octanol–water partition coefficient (Wildman–Crippen LogP) is 0.499. The Kier molecular flexibility index (Phi) is 3.30. The van der Waals surface area contributed by atoms with Gasteiger partial charge in [-0.05, 0) is 6.92 Å². The number of hydroxylamine groups is 2. The van der Waals surface area contributed by atoms with Crippen LogP contribution in [0.15, 0.2) is 12.2 Å². The van der Waals surface area contributed by atoms with Gasteiger partial charge in [0, 0.05) is 19.5 Å². The van der Waals surface area contributed by atoms with Gasteiger partial charge in [0.25, 0.3) is 5.91 Å². The molecule has 0 bridgehead atoms. The summed E-state index contributed by atoms with van der Waals surface area (Å²) in [5.74, 6) is -0.928. The van der Waals surface area contributed by atoms with Crippen molar-refractivity contribution < 1.29 is 14.4 Å². The highest BCUT2D eigenvalue weighted by Gasteiger charge is 2.11. The van der Waals surface area contributed by atoms with Crippen molar-refractivity contribution >= 4 is 11.9 Å². The molecular weight excluding hydrogens is 146 g/mol. The van der Waals surface area contributed by atoms with Crippen molar-refractivity contribution in [2.45, 2.75) is 13.8 Å². The summed E-state index contributed by atoms with van der Waals surface area (Å²) in [5, 5.41) is 0.852. The SMILES string of the molecule is C=C(C)C(=O)N(C)OC(C)=O. The second kappa shape index (κ2) is 3.75. The maximum absolute atomic E-state index is 10.9. The number of amides is 1. The number of likely N-dealkylation sites (N-methyl/N-ethyl adjacent to an activating group) is 1. The smallest absolute Gasteiger partial charge is 0.329 e. The van der Waals surface area contributed by atoms with Crippen molar-refractivity contribution in [2.24, 2.45) is 0 Å². The Balaban J connectivity index is 4.03. The molecule has 0 rings (SSSR count). The molecule has 0 heterocycles. The van der Waals surface area contributed by atoms with Crippen LogP contribution in [0.4, 0.5) is 0 Å². The Hall–Kier alpha value is -1.32. The third-order valence-electron chi connectivity index (χ3n) is 0.917. The first-order valence-corrected chi connectivity index (χ1v) is 3.07. The molecule has 0 aromatic rings.